The molecule has 0 amide bonds. The zero-order chi connectivity index (χ0) is 19.7. The molecule has 0 spiro atoms. The van der Waals surface area contributed by atoms with Crippen LogP contribution in [0.15, 0.2) is 27.8 Å². The molecule has 0 saturated carbocycles. The van der Waals surface area contributed by atoms with Crippen molar-refractivity contribution in [3.63, 3.8) is 0 Å². The Balaban J connectivity index is 2.61. The first-order valence-corrected chi connectivity index (χ1v) is 8.87. The number of alkyl halides is 2. The van der Waals surface area contributed by atoms with E-state index in [1.165, 1.54) is 17.7 Å². The Labute approximate surface area is 154 Å². The van der Waals surface area contributed by atoms with Gasteiger partial charge in [-0.2, -0.15) is 0 Å². The summed E-state index contributed by atoms with van der Waals surface area (Å²) in [5.74, 6) is 0.390. The third kappa shape index (κ3) is 3.09. The average Bonchev–Trinajstić information content (AvgIpc) is 2.66. The Hall–Kier alpha value is -2.77. The topological polar surface area (TPSA) is 66.1 Å². The number of rotatable bonds is 6. The van der Waals surface area contributed by atoms with Crippen molar-refractivity contribution in [1.82, 2.24) is 14.1 Å². The molecule has 2 aromatic heterocycles. The van der Waals surface area contributed by atoms with Gasteiger partial charge in [0.05, 0.1) is 18.0 Å². The van der Waals surface area contributed by atoms with Crippen molar-refractivity contribution in [3.8, 4) is 5.75 Å². The Kier molecular flexibility index (Phi) is 5.25. The molecule has 1 aromatic carbocycles. The van der Waals surface area contributed by atoms with Crippen LogP contribution in [0.2, 0.25) is 0 Å². The van der Waals surface area contributed by atoms with Crippen LogP contribution < -0.4 is 16.0 Å². The highest BCUT2D eigenvalue weighted by Gasteiger charge is 2.24. The highest BCUT2D eigenvalue weighted by Crippen LogP contribution is 2.33. The summed E-state index contributed by atoms with van der Waals surface area (Å²) >= 11 is 0. The Morgan fingerprint density at radius 2 is 1.78 bits per heavy atom. The minimum Gasteiger partial charge on any atom is -0.497 e. The molecular weight excluding hydrogens is 356 g/mol. The van der Waals surface area contributed by atoms with Gasteiger partial charge in [0.1, 0.15) is 5.75 Å². The van der Waals surface area contributed by atoms with Gasteiger partial charge in [-0.05, 0) is 31.0 Å². The van der Waals surface area contributed by atoms with Crippen LogP contribution in [-0.4, -0.2) is 21.2 Å². The maximum absolute atomic E-state index is 14.1. The predicted molar refractivity (Wildman–Crippen MR) is 99.9 cm³/mol. The number of pyridine rings is 1. The maximum Gasteiger partial charge on any atom is 0.332 e. The van der Waals surface area contributed by atoms with Crippen molar-refractivity contribution in [2.24, 2.45) is 0 Å². The first-order valence-electron chi connectivity index (χ1n) is 8.87. The predicted octanol–water partition coefficient (Wildman–Crippen LogP) is 3.48. The molecule has 0 atom stereocenters. The van der Waals surface area contributed by atoms with Crippen LogP contribution in [-0.2, 0) is 13.1 Å². The fraction of sp³-hybridized carbons (Fsp3) is 0.421. The molecule has 27 heavy (non-hydrogen) atoms. The van der Waals surface area contributed by atoms with E-state index in [4.69, 9.17) is 4.74 Å². The summed E-state index contributed by atoms with van der Waals surface area (Å²) in [6.07, 6.45) is -1.77. The smallest absolute Gasteiger partial charge is 0.332 e. The molecule has 6 nitrogen and oxygen atoms in total. The van der Waals surface area contributed by atoms with Gasteiger partial charge in [-0.1, -0.05) is 13.8 Å². The van der Waals surface area contributed by atoms with Crippen LogP contribution in [0.3, 0.4) is 0 Å². The zero-order valence-corrected chi connectivity index (χ0v) is 15.5. The quantitative estimate of drug-likeness (QED) is 0.617. The number of aromatic nitrogens is 3. The van der Waals surface area contributed by atoms with E-state index in [0.29, 0.717) is 18.6 Å². The molecule has 3 rings (SSSR count). The van der Waals surface area contributed by atoms with Crippen LogP contribution in [0.4, 0.5) is 8.78 Å². The number of aryl methyl sites for hydroxylation is 1. The third-order valence-corrected chi connectivity index (χ3v) is 4.50. The molecular formula is C19H21F2N3O3. The Bertz CT molecular complexity index is 1120. The molecule has 0 radical (unpaired) electrons. The lowest BCUT2D eigenvalue weighted by Gasteiger charge is -2.16. The van der Waals surface area contributed by atoms with Gasteiger partial charge < -0.3 is 4.74 Å². The minimum absolute atomic E-state index is 0.00664. The highest BCUT2D eigenvalue weighted by atomic mass is 19.3. The molecule has 8 heteroatoms. The maximum atomic E-state index is 14.1. The van der Waals surface area contributed by atoms with Gasteiger partial charge in [-0.3, -0.25) is 13.9 Å². The van der Waals surface area contributed by atoms with Crippen molar-refractivity contribution >= 4 is 21.9 Å². The molecule has 0 unspecified atom stereocenters. The third-order valence-electron chi connectivity index (χ3n) is 4.50. The van der Waals surface area contributed by atoms with E-state index in [1.807, 2.05) is 13.8 Å². The van der Waals surface area contributed by atoms with Crippen molar-refractivity contribution in [3.05, 3.63) is 44.6 Å². The standard InChI is InChI=1S/C19H21F2N3O3/c1-4-8-23-17-15(18(25)24(9-5-2)19(23)26)14(16(20)21)12-10-11(27-3)6-7-13(12)22-17/h6-7,10,16H,4-5,8-9H2,1-3H3. The lowest BCUT2D eigenvalue weighted by molar-refractivity contribution is 0.154. The van der Waals surface area contributed by atoms with E-state index < -0.39 is 23.2 Å². The number of hydrogen-bond donors (Lipinski definition) is 0. The molecule has 0 aliphatic rings. The largest absolute Gasteiger partial charge is 0.497 e. The van der Waals surface area contributed by atoms with Crippen LogP contribution in [0, 0.1) is 0 Å². The molecule has 0 N–H and O–H groups in total. The van der Waals surface area contributed by atoms with E-state index in [2.05, 4.69) is 4.98 Å². The lowest BCUT2D eigenvalue weighted by atomic mass is 10.0. The fourth-order valence-corrected chi connectivity index (χ4v) is 3.32. The lowest BCUT2D eigenvalue weighted by Crippen LogP contribution is -2.40. The van der Waals surface area contributed by atoms with Gasteiger partial charge in [0.2, 0.25) is 0 Å². The second-order valence-corrected chi connectivity index (χ2v) is 6.30. The second kappa shape index (κ2) is 7.46. The van der Waals surface area contributed by atoms with Crippen LogP contribution in [0.5, 0.6) is 5.75 Å². The summed E-state index contributed by atoms with van der Waals surface area (Å²) in [4.78, 5) is 30.1. The summed E-state index contributed by atoms with van der Waals surface area (Å²) in [6.45, 7) is 4.14. The first-order chi connectivity index (χ1) is 12.9. The summed E-state index contributed by atoms with van der Waals surface area (Å²) in [5, 5.41) is -0.0500. The molecule has 0 aliphatic heterocycles. The summed E-state index contributed by atoms with van der Waals surface area (Å²) in [7, 11) is 1.44. The molecule has 0 saturated heterocycles. The number of hydrogen-bond acceptors (Lipinski definition) is 4. The molecule has 2 heterocycles. The zero-order valence-electron chi connectivity index (χ0n) is 15.5. The van der Waals surface area contributed by atoms with Crippen molar-refractivity contribution in [1.29, 1.82) is 0 Å². The monoisotopic (exact) mass is 377 g/mol. The fourth-order valence-electron chi connectivity index (χ4n) is 3.32. The van der Waals surface area contributed by atoms with E-state index in [9.17, 15) is 18.4 Å². The van der Waals surface area contributed by atoms with Crippen molar-refractivity contribution in [2.75, 3.05) is 7.11 Å². The molecule has 144 valence electrons. The SMILES string of the molecule is CCCn1c(=O)c2c(C(F)F)c3cc(OC)ccc3nc2n(CCC)c1=O. The van der Waals surface area contributed by atoms with Crippen molar-refractivity contribution < 1.29 is 13.5 Å². The van der Waals surface area contributed by atoms with Gasteiger partial charge in [-0.25, -0.2) is 18.6 Å². The molecule has 0 bridgehead atoms. The molecule has 0 aliphatic carbocycles. The number of benzene rings is 1. The van der Waals surface area contributed by atoms with Crippen LogP contribution in [0.1, 0.15) is 38.7 Å². The number of ether oxygens (including phenoxy) is 1. The van der Waals surface area contributed by atoms with E-state index >= 15 is 0 Å². The van der Waals surface area contributed by atoms with Gasteiger partial charge in [0, 0.05) is 24.0 Å². The minimum atomic E-state index is -2.90. The molecule has 3 aromatic rings. The average molecular weight is 377 g/mol. The van der Waals surface area contributed by atoms with Gasteiger partial charge in [0.15, 0.2) is 5.65 Å². The summed E-state index contributed by atoms with van der Waals surface area (Å²) < 4.78 is 35.6. The van der Waals surface area contributed by atoms with Gasteiger partial charge >= 0.3 is 5.69 Å². The van der Waals surface area contributed by atoms with Crippen LogP contribution in [0.25, 0.3) is 21.9 Å². The second-order valence-electron chi connectivity index (χ2n) is 6.30. The number of halogens is 2. The molecule has 0 fully saturated rings. The van der Waals surface area contributed by atoms with E-state index in [-0.39, 0.29) is 35.0 Å². The Morgan fingerprint density at radius 1 is 1.11 bits per heavy atom. The van der Waals surface area contributed by atoms with E-state index in [1.54, 1.807) is 12.1 Å². The first kappa shape index (κ1) is 19.0. The normalized spacial score (nSPS) is 11.6. The van der Waals surface area contributed by atoms with Crippen molar-refractivity contribution in [2.45, 2.75) is 46.2 Å². The Morgan fingerprint density at radius 3 is 2.37 bits per heavy atom. The summed E-state index contributed by atoms with van der Waals surface area (Å²) in [5.41, 5.74) is -1.36. The number of methoxy groups -OCH3 is 1. The number of fused-ring (bicyclic) bond motifs is 2. The van der Waals surface area contributed by atoms with Gasteiger partial charge in [-0.15, -0.1) is 0 Å². The van der Waals surface area contributed by atoms with Gasteiger partial charge in [0.25, 0.3) is 12.0 Å². The van der Waals surface area contributed by atoms with E-state index in [0.717, 1.165) is 4.57 Å². The summed E-state index contributed by atoms with van der Waals surface area (Å²) in [6, 6.07) is 4.61. The van der Waals surface area contributed by atoms with Crippen LogP contribution >= 0.6 is 0 Å². The number of nitrogens with zero attached hydrogens (tertiary/aromatic N) is 3. The highest BCUT2D eigenvalue weighted by molar-refractivity contribution is 5.96.